The van der Waals surface area contributed by atoms with E-state index >= 15 is 0 Å². The molecule has 3 heteroatoms. The standard InChI is InChI=1S/C17H35NO2/c1-6-18-15(11-14-16(3,4)19-5)17(20-7-2)12-9-8-10-13-17/h15,18H,6-14H2,1-5H3. The Hall–Kier alpha value is -0.120. The van der Waals surface area contributed by atoms with Crippen LogP contribution >= 0.6 is 0 Å². The molecule has 1 saturated carbocycles. The zero-order valence-electron chi connectivity index (χ0n) is 14.3. The van der Waals surface area contributed by atoms with E-state index in [0.717, 1.165) is 26.0 Å². The van der Waals surface area contributed by atoms with Gasteiger partial charge < -0.3 is 14.8 Å². The second-order valence-electron chi connectivity index (χ2n) is 6.67. The Bertz CT molecular complexity index is 254. The second kappa shape index (κ2) is 8.35. The number of hydrogen-bond donors (Lipinski definition) is 1. The highest BCUT2D eigenvalue weighted by molar-refractivity contribution is 4.96. The molecule has 0 spiro atoms. The molecule has 1 N–H and O–H groups in total. The fraction of sp³-hybridized carbons (Fsp3) is 1.00. The summed E-state index contributed by atoms with van der Waals surface area (Å²) in [6.45, 7) is 10.5. The van der Waals surface area contributed by atoms with Crippen LogP contribution in [0.3, 0.4) is 0 Å². The zero-order chi connectivity index (χ0) is 15.1. The van der Waals surface area contributed by atoms with Crippen molar-refractivity contribution in [3.05, 3.63) is 0 Å². The van der Waals surface area contributed by atoms with Gasteiger partial charge >= 0.3 is 0 Å². The lowest BCUT2D eigenvalue weighted by Gasteiger charge is -2.44. The van der Waals surface area contributed by atoms with Crippen molar-refractivity contribution in [2.75, 3.05) is 20.3 Å². The molecule has 3 nitrogen and oxygen atoms in total. The quantitative estimate of drug-likeness (QED) is 0.697. The van der Waals surface area contributed by atoms with Crippen LogP contribution in [-0.2, 0) is 9.47 Å². The van der Waals surface area contributed by atoms with E-state index in [9.17, 15) is 0 Å². The van der Waals surface area contributed by atoms with Crippen molar-refractivity contribution in [1.82, 2.24) is 5.32 Å². The van der Waals surface area contributed by atoms with Gasteiger partial charge in [0.2, 0.25) is 0 Å². The maximum absolute atomic E-state index is 6.28. The van der Waals surface area contributed by atoms with E-state index in [1.807, 2.05) is 0 Å². The first-order valence-corrected chi connectivity index (χ1v) is 8.42. The summed E-state index contributed by atoms with van der Waals surface area (Å²) in [4.78, 5) is 0. The fourth-order valence-electron chi connectivity index (χ4n) is 3.42. The summed E-state index contributed by atoms with van der Waals surface area (Å²) in [5.74, 6) is 0. The van der Waals surface area contributed by atoms with E-state index in [0.29, 0.717) is 6.04 Å². The van der Waals surface area contributed by atoms with Crippen molar-refractivity contribution in [2.24, 2.45) is 0 Å². The lowest BCUT2D eigenvalue weighted by molar-refractivity contribution is -0.0957. The molecule has 0 heterocycles. The minimum absolute atomic E-state index is 0.0459. The second-order valence-corrected chi connectivity index (χ2v) is 6.67. The lowest BCUT2D eigenvalue weighted by Crippen LogP contribution is -2.54. The molecular formula is C17H35NO2. The van der Waals surface area contributed by atoms with Gasteiger partial charge in [-0.15, -0.1) is 0 Å². The Morgan fingerprint density at radius 1 is 1.15 bits per heavy atom. The number of rotatable bonds is 9. The first-order valence-electron chi connectivity index (χ1n) is 8.42. The van der Waals surface area contributed by atoms with Gasteiger partial charge in [-0.1, -0.05) is 26.2 Å². The van der Waals surface area contributed by atoms with Crippen molar-refractivity contribution < 1.29 is 9.47 Å². The largest absolute Gasteiger partial charge is 0.379 e. The predicted octanol–water partition coefficient (Wildman–Crippen LogP) is 3.91. The third-order valence-corrected chi connectivity index (χ3v) is 4.80. The number of nitrogens with one attached hydrogen (secondary N) is 1. The highest BCUT2D eigenvalue weighted by Crippen LogP contribution is 2.37. The Morgan fingerprint density at radius 3 is 2.30 bits per heavy atom. The molecule has 1 unspecified atom stereocenters. The smallest absolute Gasteiger partial charge is 0.0834 e. The van der Waals surface area contributed by atoms with Crippen LogP contribution in [0.1, 0.15) is 72.6 Å². The van der Waals surface area contributed by atoms with Gasteiger partial charge in [0.1, 0.15) is 0 Å². The Morgan fingerprint density at radius 2 is 1.80 bits per heavy atom. The summed E-state index contributed by atoms with van der Waals surface area (Å²) >= 11 is 0. The summed E-state index contributed by atoms with van der Waals surface area (Å²) in [5.41, 5.74) is 0.00255. The van der Waals surface area contributed by atoms with Crippen LogP contribution < -0.4 is 5.32 Å². The van der Waals surface area contributed by atoms with Crippen LogP contribution in [0.2, 0.25) is 0 Å². The van der Waals surface area contributed by atoms with Gasteiger partial charge in [-0.2, -0.15) is 0 Å². The SMILES string of the molecule is CCNC(CCC(C)(C)OC)C1(OCC)CCCCC1. The number of ether oxygens (including phenoxy) is 2. The maximum atomic E-state index is 6.28. The van der Waals surface area contributed by atoms with E-state index in [1.54, 1.807) is 7.11 Å². The van der Waals surface area contributed by atoms with Gasteiger partial charge in [0.05, 0.1) is 11.2 Å². The minimum atomic E-state index is -0.0459. The summed E-state index contributed by atoms with van der Waals surface area (Å²) in [7, 11) is 1.81. The molecule has 0 aromatic carbocycles. The van der Waals surface area contributed by atoms with Gasteiger partial charge in [-0.05, 0) is 53.0 Å². The molecule has 0 aliphatic heterocycles. The number of likely N-dealkylation sites (N-methyl/N-ethyl adjacent to an activating group) is 1. The van der Waals surface area contributed by atoms with Crippen LogP contribution in [0.15, 0.2) is 0 Å². The van der Waals surface area contributed by atoms with Crippen molar-refractivity contribution >= 4 is 0 Å². The van der Waals surface area contributed by atoms with Crippen molar-refractivity contribution in [1.29, 1.82) is 0 Å². The third-order valence-electron chi connectivity index (χ3n) is 4.80. The maximum Gasteiger partial charge on any atom is 0.0834 e. The summed E-state index contributed by atoms with van der Waals surface area (Å²) in [5, 5.41) is 3.69. The summed E-state index contributed by atoms with van der Waals surface area (Å²) in [6, 6.07) is 0.446. The topological polar surface area (TPSA) is 30.5 Å². The molecule has 0 saturated heterocycles. The lowest BCUT2D eigenvalue weighted by atomic mass is 9.76. The molecule has 0 aromatic rings. The molecule has 120 valence electrons. The van der Waals surface area contributed by atoms with E-state index in [1.165, 1.54) is 32.1 Å². The van der Waals surface area contributed by atoms with Crippen LogP contribution in [0.5, 0.6) is 0 Å². The monoisotopic (exact) mass is 285 g/mol. The number of methoxy groups -OCH3 is 1. The van der Waals surface area contributed by atoms with E-state index in [-0.39, 0.29) is 11.2 Å². The molecule has 0 radical (unpaired) electrons. The molecule has 1 rings (SSSR count). The van der Waals surface area contributed by atoms with Gasteiger partial charge in [-0.3, -0.25) is 0 Å². The molecule has 1 aliphatic rings. The van der Waals surface area contributed by atoms with Crippen molar-refractivity contribution in [2.45, 2.75) is 89.9 Å². The van der Waals surface area contributed by atoms with Gasteiger partial charge in [0, 0.05) is 19.8 Å². The molecular weight excluding hydrogens is 250 g/mol. The van der Waals surface area contributed by atoms with Crippen LogP contribution in [-0.4, -0.2) is 37.5 Å². The fourth-order valence-corrected chi connectivity index (χ4v) is 3.42. The first-order chi connectivity index (χ1) is 9.49. The Labute approximate surface area is 125 Å². The Balaban J connectivity index is 2.74. The van der Waals surface area contributed by atoms with E-state index < -0.39 is 0 Å². The minimum Gasteiger partial charge on any atom is -0.379 e. The zero-order valence-corrected chi connectivity index (χ0v) is 14.3. The van der Waals surface area contributed by atoms with Crippen molar-refractivity contribution in [3.8, 4) is 0 Å². The normalized spacial score (nSPS) is 20.9. The average molecular weight is 285 g/mol. The molecule has 0 amide bonds. The molecule has 0 bridgehead atoms. The molecule has 1 aliphatic carbocycles. The molecule has 0 aromatic heterocycles. The van der Waals surface area contributed by atoms with Gasteiger partial charge in [0.25, 0.3) is 0 Å². The highest BCUT2D eigenvalue weighted by atomic mass is 16.5. The summed E-state index contributed by atoms with van der Waals surface area (Å²) in [6.07, 6.45) is 8.55. The predicted molar refractivity (Wildman–Crippen MR) is 85.2 cm³/mol. The Kier molecular flexibility index (Phi) is 7.49. The van der Waals surface area contributed by atoms with E-state index in [2.05, 4.69) is 33.0 Å². The van der Waals surface area contributed by atoms with E-state index in [4.69, 9.17) is 9.47 Å². The molecule has 1 atom stereocenters. The van der Waals surface area contributed by atoms with Crippen LogP contribution in [0.4, 0.5) is 0 Å². The molecule has 1 fully saturated rings. The average Bonchev–Trinajstić information content (AvgIpc) is 2.44. The highest BCUT2D eigenvalue weighted by Gasteiger charge is 2.40. The van der Waals surface area contributed by atoms with Crippen LogP contribution in [0, 0.1) is 0 Å². The molecule has 20 heavy (non-hydrogen) atoms. The number of hydrogen-bond acceptors (Lipinski definition) is 3. The summed E-state index contributed by atoms with van der Waals surface area (Å²) < 4.78 is 11.9. The van der Waals surface area contributed by atoms with Crippen LogP contribution in [0.25, 0.3) is 0 Å². The first kappa shape index (κ1) is 17.9. The van der Waals surface area contributed by atoms with Gasteiger partial charge in [0.15, 0.2) is 0 Å². The third kappa shape index (κ3) is 5.01. The van der Waals surface area contributed by atoms with Gasteiger partial charge in [-0.25, -0.2) is 0 Å². The van der Waals surface area contributed by atoms with Crippen molar-refractivity contribution in [3.63, 3.8) is 0 Å².